The van der Waals surface area contributed by atoms with Crippen LogP contribution < -0.4 is 5.32 Å². The summed E-state index contributed by atoms with van der Waals surface area (Å²) in [5, 5.41) is 2.98. The summed E-state index contributed by atoms with van der Waals surface area (Å²) in [5.41, 5.74) is 2.08. The van der Waals surface area contributed by atoms with Gasteiger partial charge in [0.1, 0.15) is 23.0 Å². The summed E-state index contributed by atoms with van der Waals surface area (Å²) in [6, 6.07) is 13.3. The van der Waals surface area contributed by atoms with Gasteiger partial charge in [0.15, 0.2) is 5.65 Å². The monoisotopic (exact) mass is 435 g/mol. The molecule has 8 nitrogen and oxygen atoms in total. The Morgan fingerprint density at radius 1 is 1.16 bits per heavy atom. The van der Waals surface area contributed by atoms with E-state index >= 15 is 0 Å². The van der Waals surface area contributed by atoms with E-state index in [1.165, 1.54) is 4.90 Å². The number of amides is 2. The van der Waals surface area contributed by atoms with Crippen LogP contribution in [0.5, 0.6) is 0 Å². The van der Waals surface area contributed by atoms with E-state index in [2.05, 4.69) is 10.3 Å². The number of benzene rings is 1. The zero-order valence-corrected chi connectivity index (χ0v) is 18.7. The van der Waals surface area contributed by atoms with Crippen LogP contribution >= 0.6 is 0 Å². The first-order valence-electron chi connectivity index (χ1n) is 10.9. The number of imidazole rings is 1. The normalized spacial score (nSPS) is 16.3. The van der Waals surface area contributed by atoms with Crippen LogP contribution in [0.3, 0.4) is 0 Å². The lowest BCUT2D eigenvalue weighted by Crippen LogP contribution is -2.47. The van der Waals surface area contributed by atoms with Gasteiger partial charge in [0.05, 0.1) is 13.1 Å². The molecule has 1 fully saturated rings. The van der Waals surface area contributed by atoms with E-state index < -0.39 is 17.7 Å². The average molecular weight is 436 g/mol. The fourth-order valence-electron chi connectivity index (χ4n) is 3.93. The van der Waals surface area contributed by atoms with Gasteiger partial charge in [-0.25, -0.2) is 14.8 Å². The first-order chi connectivity index (χ1) is 15.3. The van der Waals surface area contributed by atoms with Gasteiger partial charge in [-0.3, -0.25) is 9.69 Å². The zero-order valence-electron chi connectivity index (χ0n) is 18.7. The van der Waals surface area contributed by atoms with E-state index in [4.69, 9.17) is 9.72 Å². The Balaban J connectivity index is 1.49. The van der Waals surface area contributed by atoms with E-state index in [0.29, 0.717) is 19.5 Å². The number of rotatable bonds is 5. The van der Waals surface area contributed by atoms with Crippen molar-refractivity contribution in [3.8, 4) is 0 Å². The number of carbonyl (C=O) groups is 2. The molecule has 1 unspecified atom stereocenters. The molecular weight excluding hydrogens is 406 g/mol. The second-order valence-electron chi connectivity index (χ2n) is 9.00. The quantitative estimate of drug-likeness (QED) is 0.663. The van der Waals surface area contributed by atoms with Crippen molar-refractivity contribution < 1.29 is 14.3 Å². The molecule has 4 rings (SSSR count). The third kappa shape index (κ3) is 4.90. The number of nitrogens with zero attached hydrogens (tertiary/aromatic N) is 4. The number of likely N-dealkylation sites (tertiary alicyclic amines) is 1. The van der Waals surface area contributed by atoms with Gasteiger partial charge in [-0.15, -0.1) is 0 Å². The Labute approximate surface area is 187 Å². The Kier molecular flexibility index (Phi) is 6.12. The molecule has 0 bridgehead atoms. The molecule has 168 valence electrons. The Morgan fingerprint density at radius 3 is 2.69 bits per heavy atom. The van der Waals surface area contributed by atoms with Crippen molar-refractivity contribution in [1.29, 1.82) is 0 Å². The molecule has 2 aromatic heterocycles. The molecule has 0 radical (unpaired) electrons. The standard InChI is InChI=1S/C24H29N5O3/c1-24(2,3)32-23(31)28-14-8-12-19(28)22(30)26-15-20-27-18-11-7-13-25-21(18)29(20)16-17-9-5-4-6-10-17/h4-7,9-11,13,19H,8,12,14-16H2,1-3H3,(H,26,30). The molecule has 3 heterocycles. The van der Waals surface area contributed by atoms with Gasteiger partial charge in [0.25, 0.3) is 0 Å². The van der Waals surface area contributed by atoms with E-state index in [1.54, 1.807) is 6.20 Å². The highest BCUT2D eigenvalue weighted by Gasteiger charge is 2.36. The van der Waals surface area contributed by atoms with Crippen molar-refractivity contribution in [3.05, 3.63) is 60.0 Å². The SMILES string of the molecule is CC(C)(C)OC(=O)N1CCCC1C(=O)NCc1nc2cccnc2n1Cc1ccccc1. The zero-order chi connectivity index (χ0) is 22.7. The van der Waals surface area contributed by atoms with Crippen LogP contribution in [0, 0.1) is 0 Å². The lowest BCUT2D eigenvalue weighted by atomic mass is 10.2. The van der Waals surface area contributed by atoms with Crippen LogP contribution in [0.4, 0.5) is 4.79 Å². The highest BCUT2D eigenvalue weighted by atomic mass is 16.6. The van der Waals surface area contributed by atoms with E-state index in [-0.39, 0.29) is 12.5 Å². The molecule has 1 aliphatic heterocycles. The first-order valence-corrected chi connectivity index (χ1v) is 10.9. The summed E-state index contributed by atoms with van der Waals surface area (Å²) in [6.07, 6.45) is 2.68. The lowest BCUT2D eigenvalue weighted by molar-refractivity contribution is -0.125. The smallest absolute Gasteiger partial charge is 0.410 e. The van der Waals surface area contributed by atoms with Crippen molar-refractivity contribution in [2.24, 2.45) is 0 Å². The summed E-state index contributed by atoms with van der Waals surface area (Å²) in [7, 11) is 0. The topological polar surface area (TPSA) is 89.3 Å². The van der Waals surface area contributed by atoms with Gasteiger partial charge in [0.2, 0.25) is 5.91 Å². The van der Waals surface area contributed by atoms with Crippen molar-refractivity contribution in [1.82, 2.24) is 24.8 Å². The Hall–Kier alpha value is -3.42. The number of aromatic nitrogens is 3. The van der Waals surface area contributed by atoms with Crippen molar-refractivity contribution in [2.75, 3.05) is 6.54 Å². The second kappa shape index (κ2) is 8.98. The molecule has 1 atom stereocenters. The molecule has 1 N–H and O–H groups in total. The third-order valence-corrected chi connectivity index (χ3v) is 5.37. The summed E-state index contributed by atoms with van der Waals surface area (Å²) in [6.45, 7) is 6.83. The molecule has 0 spiro atoms. The molecule has 0 saturated carbocycles. The van der Waals surface area contributed by atoms with Crippen LogP contribution in [-0.4, -0.2) is 49.6 Å². The van der Waals surface area contributed by atoms with E-state index in [1.807, 2.05) is 67.8 Å². The molecule has 1 saturated heterocycles. The van der Waals surface area contributed by atoms with Crippen molar-refractivity contribution >= 4 is 23.2 Å². The number of pyridine rings is 1. The van der Waals surface area contributed by atoms with Crippen LogP contribution in [0.25, 0.3) is 11.2 Å². The van der Waals surface area contributed by atoms with Crippen LogP contribution in [0.1, 0.15) is 45.0 Å². The fraction of sp³-hybridized carbons (Fsp3) is 0.417. The van der Waals surface area contributed by atoms with Gasteiger partial charge >= 0.3 is 6.09 Å². The minimum atomic E-state index is -0.601. The number of ether oxygens (including phenoxy) is 1. The number of hydrogen-bond acceptors (Lipinski definition) is 5. The largest absolute Gasteiger partial charge is 0.444 e. The molecule has 2 amide bonds. The van der Waals surface area contributed by atoms with Crippen LogP contribution in [0.15, 0.2) is 48.7 Å². The van der Waals surface area contributed by atoms with Crippen LogP contribution in [-0.2, 0) is 22.6 Å². The average Bonchev–Trinajstić information content (AvgIpc) is 3.37. The summed E-state index contributed by atoms with van der Waals surface area (Å²) in [5.74, 6) is 0.525. The molecule has 1 aromatic carbocycles. The predicted molar refractivity (Wildman–Crippen MR) is 121 cm³/mol. The maximum Gasteiger partial charge on any atom is 0.410 e. The molecule has 3 aromatic rings. The summed E-state index contributed by atoms with van der Waals surface area (Å²) < 4.78 is 7.49. The highest BCUT2D eigenvalue weighted by Crippen LogP contribution is 2.21. The van der Waals surface area contributed by atoms with Gasteiger partial charge in [-0.05, 0) is 51.3 Å². The van der Waals surface area contributed by atoms with Gasteiger partial charge in [-0.1, -0.05) is 30.3 Å². The fourth-order valence-corrected chi connectivity index (χ4v) is 3.93. The Morgan fingerprint density at radius 2 is 1.94 bits per heavy atom. The molecule has 32 heavy (non-hydrogen) atoms. The van der Waals surface area contributed by atoms with Gasteiger partial charge < -0.3 is 14.6 Å². The number of nitrogens with one attached hydrogen (secondary N) is 1. The number of hydrogen-bond donors (Lipinski definition) is 1. The predicted octanol–water partition coefficient (Wildman–Crippen LogP) is 3.50. The minimum absolute atomic E-state index is 0.195. The summed E-state index contributed by atoms with van der Waals surface area (Å²) in [4.78, 5) is 36.2. The maximum atomic E-state index is 13.0. The molecule has 0 aliphatic carbocycles. The molecule has 1 aliphatic rings. The Bertz CT molecular complexity index is 1100. The molecular formula is C24H29N5O3. The van der Waals surface area contributed by atoms with E-state index in [9.17, 15) is 9.59 Å². The van der Waals surface area contributed by atoms with Crippen LogP contribution in [0.2, 0.25) is 0 Å². The third-order valence-electron chi connectivity index (χ3n) is 5.37. The lowest BCUT2D eigenvalue weighted by Gasteiger charge is -2.28. The number of carbonyl (C=O) groups excluding carboxylic acids is 2. The highest BCUT2D eigenvalue weighted by molar-refractivity contribution is 5.86. The van der Waals surface area contributed by atoms with Gasteiger partial charge in [-0.2, -0.15) is 0 Å². The maximum absolute atomic E-state index is 13.0. The minimum Gasteiger partial charge on any atom is -0.444 e. The molecule has 8 heteroatoms. The van der Waals surface area contributed by atoms with E-state index in [0.717, 1.165) is 29.0 Å². The van der Waals surface area contributed by atoms with Gasteiger partial charge in [0, 0.05) is 12.7 Å². The second-order valence-corrected chi connectivity index (χ2v) is 9.00. The first kappa shape index (κ1) is 21.8. The van der Waals surface area contributed by atoms with Crippen molar-refractivity contribution in [3.63, 3.8) is 0 Å². The van der Waals surface area contributed by atoms with Crippen molar-refractivity contribution in [2.45, 2.75) is 58.3 Å². The number of fused-ring (bicyclic) bond motifs is 1. The summed E-state index contributed by atoms with van der Waals surface area (Å²) >= 11 is 0.